The van der Waals surface area contributed by atoms with Crippen molar-refractivity contribution in [2.45, 2.75) is 82.1 Å². The first-order chi connectivity index (χ1) is 26.1. The van der Waals surface area contributed by atoms with Crippen LogP contribution < -0.4 is 0 Å². The highest BCUT2D eigenvalue weighted by atomic mass is 16.7. The number of likely N-dealkylation sites (tertiary alicyclic amines) is 1. The number of ether oxygens (including phenoxy) is 3. The lowest BCUT2D eigenvalue weighted by Gasteiger charge is -2.59. The quantitative estimate of drug-likeness (QED) is 0.245. The van der Waals surface area contributed by atoms with Crippen LogP contribution in [-0.4, -0.2) is 72.4 Å². The normalized spacial score (nSPS) is 36.5. The van der Waals surface area contributed by atoms with Crippen molar-refractivity contribution >= 4 is 11.6 Å². The predicted octanol–water partition coefficient (Wildman–Crippen LogP) is 7.27. The van der Waals surface area contributed by atoms with Gasteiger partial charge in [0.1, 0.15) is 12.2 Å². The second kappa shape index (κ2) is 13.5. The molecule has 9 rings (SSSR count). The van der Waals surface area contributed by atoms with Crippen molar-refractivity contribution < 1.29 is 28.9 Å². The van der Waals surface area contributed by atoms with Gasteiger partial charge in [-0.15, -0.1) is 0 Å². The summed E-state index contributed by atoms with van der Waals surface area (Å²) in [5.74, 6) is 0.260. The van der Waals surface area contributed by atoms with Gasteiger partial charge in [0.15, 0.2) is 23.5 Å². The van der Waals surface area contributed by atoms with Gasteiger partial charge in [0.05, 0.1) is 12.2 Å². The molecule has 0 bridgehead atoms. The van der Waals surface area contributed by atoms with Gasteiger partial charge in [0.2, 0.25) is 0 Å². The second-order valence-corrected chi connectivity index (χ2v) is 17.4. The number of hydrogen-bond acceptors (Lipinski definition) is 7. The molecule has 7 nitrogen and oxygen atoms in total. The van der Waals surface area contributed by atoms with Crippen LogP contribution in [0.4, 0.5) is 0 Å². The van der Waals surface area contributed by atoms with E-state index in [1.54, 1.807) is 12.2 Å². The first-order valence-corrected chi connectivity index (χ1v) is 20.1. The number of aliphatic hydroxyl groups is 1. The lowest BCUT2D eigenvalue weighted by molar-refractivity contribution is -0.211. The minimum atomic E-state index is -1.29. The van der Waals surface area contributed by atoms with E-state index in [2.05, 4.69) is 62.2 Å². The summed E-state index contributed by atoms with van der Waals surface area (Å²) >= 11 is 0. The third kappa shape index (κ3) is 5.33. The van der Waals surface area contributed by atoms with Crippen molar-refractivity contribution in [3.05, 3.63) is 131 Å². The summed E-state index contributed by atoms with van der Waals surface area (Å²) in [6.45, 7) is 6.11. The van der Waals surface area contributed by atoms with Crippen LogP contribution in [0, 0.1) is 34.5 Å². The van der Waals surface area contributed by atoms with Crippen LogP contribution in [0.25, 0.3) is 0 Å². The Bertz CT molecular complexity index is 1840. The molecular formula is C47H53NO6. The number of hydrogen-bond donors (Lipinski definition) is 1. The fourth-order valence-corrected chi connectivity index (χ4v) is 12.2. The van der Waals surface area contributed by atoms with Gasteiger partial charge >= 0.3 is 0 Å². The van der Waals surface area contributed by atoms with E-state index in [0.29, 0.717) is 12.8 Å². The molecule has 0 amide bonds. The minimum Gasteiger partial charge on any atom is -0.393 e. The zero-order valence-corrected chi connectivity index (χ0v) is 31.7. The Balaban J connectivity index is 1.12. The Hall–Kier alpha value is -3.72. The van der Waals surface area contributed by atoms with Crippen LogP contribution in [0.1, 0.15) is 69.1 Å². The Morgan fingerprint density at radius 2 is 1.50 bits per heavy atom. The average molecular weight is 728 g/mol. The molecule has 282 valence electrons. The third-order valence-corrected chi connectivity index (χ3v) is 14.8. The summed E-state index contributed by atoms with van der Waals surface area (Å²) in [6.07, 6.45) is 8.53. The molecule has 4 aliphatic carbocycles. The minimum absolute atomic E-state index is 0.0235. The van der Waals surface area contributed by atoms with E-state index in [0.717, 1.165) is 61.0 Å². The van der Waals surface area contributed by atoms with E-state index < -0.39 is 40.5 Å². The zero-order valence-electron chi connectivity index (χ0n) is 31.7. The summed E-state index contributed by atoms with van der Waals surface area (Å²) in [7, 11) is 2.15. The van der Waals surface area contributed by atoms with Crippen LogP contribution >= 0.6 is 0 Å². The fourth-order valence-electron chi connectivity index (χ4n) is 12.2. The lowest BCUT2D eigenvalue weighted by atomic mass is 9.46. The standard InChI is InChI=1S/C47H53NO6/c1-44-24-21-36(49)27-35(44)19-20-37-38-28-41-47(45(38,2)29-39(50)42(37)44,54-43(53-41)31-22-25-48(3)26-23-31)40(51)30-52-46(32-13-7-4-8-14-32,33-15-9-5-10-16-33)34-17-11-6-12-18-34/h4-18,21,24,27,31,37-39,41-43,50H,19-20,22-23,25-26,28-30H2,1-3H3/t37-,38-,39-,41-,42+,43?,44-,45-,47+/m0/s1. The number of rotatable bonds is 8. The molecule has 3 saturated carbocycles. The number of piperidine rings is 1. The number of Topliss-reactive ketones (excluding diaryl/α,β-unsaturated/α-hetero) is 1. The lowest BCUT2D eigenvalue weighted by Crippen LogP contribution is -2.64. The van der Waals surface area contributed by atoms with Gasteiger partial charge in [0, 0.05) is 22.7 Å². The smallest absolute Gasteiger partial charge is 0.193 e. The van der Waals surface area contributed by atoms with Crippen molar-refractivity contribution in [3.8, 4) is 0 Å². The Kier molecular flexibility index (Phi) is 8.98. The number of aliphatic hydroxyl groups excluding tert-OH is 1. The SMILES string of the molecule is CN1CCC(C2O[C@H]3C[C@H]4[C@@H]5CCC6=CC(=O)C=C[C@]6(C)[C@H]5[C@@H](O)C[C@]4(C)[C@]3(C(=O)COC(c3ccccc3)(c3ccccc3)c3ccccc3)O2)CC1. The van der Waals surface area contributed by atoms with Crippen LogP contribution in [0.2, 0.25) is 0 Å². The van der Waals surface area contributed by atoms with Crippen LogP contribution in [0.5, 0.6) is 0 Å². The molecule has 7 heteroatoms. The summed E-state index contributed by atoms with van der Waals surface area (Å²) in [4.78, 5) is 30.4. The van der Waals surface area contributed by atoms with E-state index in [9.17, 15) is 9.90 Å². The Labute approximate surface area is 319 Å². The van der Waals surface area contributed by atoms with Crippen molar-refractivity contribution in [3.63, 3.8) is 0 Å². The number of carbonyl (C=O) groups excluding carboxylic acids is 2. The van der Waals surface area contributed by atoms with E-state index in [-0.39, 0.29) is 41.8 Å². The molecule has 6 aliphatic rings. The number of benzene rings is 3. The van der Waals surface area contributed by atoms with Gasteiger partial charge in [-0.2, -0.15) is 0 Å². The van der Waals surface area contributed by atoms with Gasteiger partial charge in [-0.05, 0) is 99.3 Å². The highest BCUT2D eigenvalue weighted by Crippen LogP contribution is 2.70. The fraction of sp³-hybridized carbons (Fsp3) is 0.489. The van der Waals surface area contributed by atoms with Crippen molar-refractivity contribution in [1.82, 2.24) is 4.90 Å². The van der Waals surface area contributed by atoms with Gasteiger partial charge in [-0.25, -0.2) is 0 Å². The first kappa shape index (κ1) is 35.9. The van der Waals surface area contributed by atoms with Crippen LogP contribution in [-0.2, 0) is 29.4 Å². The molecule has 2 heterocycles. The van der Waals surface area contributed by atoms with Gasteiger partial charge in [-0.1, -0.05) is 116 Å². The topological polar surface area (TPSA) is 85.3 Å². The summed E-state index contributed by atoms with van der Waals surface area (Å²) < 4.78 is 21.5. The Morgan fingerprint density at radius 3 is 2.09 bits per heavy atom. The highest BCUT2D eigenvalue weighted by molar-refractivity contribution is 6.01. The maximum absolute atomic E-state index is 15.6. The number of carbonyl (C=O) groups is 2. The number of ketones is 2. The highest BCUT2D eigenvalue weighted by Gasteiger charge is 2.76. The van der Waals surface area contributed by atoms with Crippen LogP contribution in [0.15, 0.2) is 115 Å². The number of fused-ring (bicyclic) bond motifs is 7. The molecule has 5 fully saturated rings. The molecule has 1 unspecified atom stereocenters. The predicted molar refractivity (Wildman–Crippen MR) is 206 cm³/mol. The van der Waals surface area contributed by atoms with E-state index >= 15 is 4.79 Å². The molecule has 0 aromatic heterocycles. The molecule has 54 heavy (non-hydrogen) atoms. The van der Waals surface area contributed by atoms with Crippen LogP contribution in [0.3, 0.4) is 0 Å². The molecule has 1 N–H and O–H groups in total. The summed E-state index contributed by atoms with van der Waals surface area (Å²) in [6, 6.07) is 30.5. The number of allylic oxidation sites excluding steroid dienone is 4. The van der Waals surface area contributed by atoms with E-state index in [1.165, 1.54) is 0 Å². The molecule has 9 atom stereocenters. The molecule has 2 saturated heterocycles. The second-order valence-electron chi connectivity index (χ2n) is 17.4. The zero-order chi connectivity index (χ0) is 37.3. The molecule has 0 radical (unpaired) electrons. The molecule has 2 aliphatic heterocycles. The van der Waals surface area contributed by atoms with E-state index in [1.807, 2.05) is 60.7 Å². The monoisotopic (exact) mass is 727 g/mol. The molecule has 3 aromatic carbocycles. The van der Waals surface area contributed by atoms with Crippen molar-refractivity contribution in [1.29, 1.82) is 0 Å². The van der Waals surface area contributed by atoms with Crippen molar-refractivity contribution in [2.24, 2.45) is 34.5 Å². The van der Waals surface area contributed by atoms with Gasteiger partial charge in [0.25, 0.3) is 0 Å². The molecule has 0 spiro atoms. The summed E-state index contributed by atoms with van der Waals surface area (Å²) in [5, 5.41) is 12.4. The number of nitrogens with zero attached hydrogens (tertiary/aromatic N) is 1. The summed E-state index contributed by atoms with van der Waals surface area (Å²) in [5.41, 5.74) is 0.451. The average Bonchev–Trinajstić information content (AvgIpc) is 3.69. The van der Waals surface area contributed by atoms with Crippen molar-refractivity contribution in [2.75, 3.05) is 26.7 Å². The van der Waals surface area contributed by atoms with Gasteiger partial charge in [-0.3, -0.25) is 9.59 Å². The largest absolute Gasteiger partial charge is 0.393 e. The van der Waals surface area contributed by atoms with E-state index in [4.69, 9.17) is 14.2 Å². The maximum Gasteiger partial charge on any atom is 0.193 e. The Morgan fingerprint density at radius 1 is 0.907 bits per heavy atom. The molecular weight excluding hydrogens is 675 g/mol. The molecule has 3 aromatic rings. The first-order valence-electron chi connectivity index (χ1n) is 20.1. The van der Waals surface area contributed by atoms with Gasteiger partial charge < -0.3 is 24.2 Å². The maximum atomic E-state index is 15.6. The third-order valence-electron chi connectivity index (χ3n) is 14.8.